The van der Waals surface area contributed by atoms with Gasteiger partial charge in [-0.3, -0.25) is 4.79 Å². The maximum atomic E-state index is 13.0. The van der Waals surface area contributed by atoms with Crippen LogP contribution in [0.15, 0.2) is 59.8 Å². The van der Waals surface area contributed by atoms with E-state index in [-0.39, 0.29) is 11.2 Å². The normalized spacial score (nSPS) is 14.2. The molecular formula is C21H22N4OS. The molecule has 1 aromatic heterocycles. The lowest BCUT2D eigenvalue weighted by Gasteiger charge is -2.21. The lowest BCUT2D eigenvalue weighted by molar-refractivity contribution is -0.117. The molecule has 2 heterocycles. The van der Waals surface area contributed by atoms with E-state index in [4.69, 9.17) is 0 Å². The highest BCUT2D eigenvalue weighted by Crippen LogP contribution is 2.32. The molecule has 3 aromatic rings. The maximum Gasteiger partial charge on any atom is 0.240 e. The van der Waals surface area contributed by atoms with Crippen molar-refractivity contribution in [3.63, 3.8) is 0 Å². The Morgan fingerprint density at radius 3 is 2.63 bits per heavy atom. The fourth-order valence-corrected chi connectivity index (χ4v) is 4.43. The van der Waals surface area contributed by atoms with Crippen molar-refractivity contribution in [2.24, 2.45) is 0 Å². The second kappa shape index (κ2) is 7.56. The van der Waals surface area contributed by atoms with Crippen molar-refractivity contribution in [1.29, 1.82) is 0 Å². The second-order valence-corrected chi connectivity index (χ2v) is 7.85. The van der Waals surface area contributed by atoms with Gasteiger partial charge in [-0.05, 0) is 31.9 Å². The van der Waals surface area contributed by atoms with E-state index in [0.717, 1.165) is 41.7 Å². The molecule has 0 aliphatic carbocycles. The SMILES string of the molecule is CCn1c(SC(C)C(=O)N2CCc3ccccc32)nnc1-c1ccccc1. The molecule has 1 unspecified atom stereocenters. The number of anilines is 1. The van der Waals surface area contributed by atoms with Crippen LogP contribution in [0.25, 0.3) is 11.4 Å². The van der Waals surface area contributed by atoms with Crippen molar-refractivity contribution in [3.8, 4) is 11.4 Å². The van der Waals surface area contributed by atoms with E-state index in [0.29, 0.717) is 0 Å². The summed E-state index contributed by atoms with van der Waals surface area (Å²) in [7, 11) is 0. The number of amides is 1. The predicted molar refractivity (Wildman–Crippen MR) is 109 cm³/mol. The number of benzene rings is 2. The Labute approximate surface area is 163 Å². The molecule has 2 aromatic carbocycles. The van der Waals surface area contributed by atoms with Crippen molar-refractivity contribution in [2.75, 3.05) is 11.4 Å². The van der Waals surface area contributed by atoms with Gasteiger partial charge in [0.25, 0.3) is 0 Å². The van der Waals surface area contributed by atoms with Crippen LogP contribution in [0.4, 0.5) is 5.69 Å². The van der Waals surface area contributed by atoms with Crippen LogP contribution in [-0.4, -0.2) is 32.5 Å². The molecule has 138 valence electrons. The fraction of sp³-hybridized carbons (Fsp3) is 0.286. The highest BCUT2D eigenvalue weighted by atomic mass is 32.2. The van der Waals surface area contributed by atoms with Crippen molar-refractivity contribution >= 4 is 23.4 Å². The second-order valence-electron chi connectivity index (χ2n) is 6.55. The number of rotatable bonds is 5. The number of carbonyl (C=O) groups excluding carboxylic acids is 1. The summed E-state index contributed by atoms with van der Waals surface area (Å²) in [4.78, 5) is 14.9. The summed E-state index contributed by atoms with van der Waals surface area (Å²) < 4.78 is 2.07. The van der Waals surface area contributed by atoms with Crippen LogP contribution >= 0.6 is 11.8 Å². The van der Waals surface area contributed by atoms with Crippen LogP contribution in [0.5, 0.6) is 0 Å². The molecule has 0 N–H and O–H groups in total. The summed E-state index contributed by atoms with van der Waals surface area (Å²) in [6, 6.07) is 18.2. The molecule has 1 amide bonds. The minimum atomic E-state index is -0.228. The average molecular weight is 379 g/mol. The zero-order valence-electron chi connectivity index (χ0n) is 15.5. The van der Waals surface area contributed by atoms with Crippen LogP contribution in [0.3, 0.4) is 0 Å². The summed E-state index contributed by atoms with van der Waals surface area (Å²) in [5.41, 5.74) is 3.31. The summed E-state index contributed by atoms with van der Waals surface area (Å²) >= 11 is 1.48. The molecule has 5 nitrogen and oxygen atoms in total. The number of aromatic nitrogens is 3. The Balaban J connectivity index is 1.54. The van der Waals surface area contributed by atoms with Gasteiger partial charge in [-0.25, -0.2) is 0 Å². The van der Waals surface area contributed by atoms with Gasteiger partial charge >= 0.3 is 0 Å². The van der Waals surface area contributed by atoms with Gasteiger partial charge in [0.15, 0.2) is 11.0 Å². The first-order valence-electron chi connectivity index (χ1n) is 9.23. The summed E-state index contributed by atoms with van der Waals surface area (Å²) in [5, 5.41) is 9.29. The monoisotopic (exact) mass is 378 g/mol. The largest absolute Gasteiger partial charge is 0.311 e. The van der Waals surface area contributed by atoms with Crippen molar-refractivity contribution in [1.82, 2.24) is 14.8 Å². The lowest BCUT2D eigenvalue weighted by Crippen LogP contribution is -2.35. The molecule has 27 heavy (non-hydrogen) atoms. The smallest absolute Gasteiger partial charge is 0.240 e. The van der Waals surface area contributed by atoms with E-state index in [9.17, 15) is 4.79 Å². The predicted octanol–water partition coefficient (Wildman–Crippen LogP) is 4.03. The molecule has 0 saturated heterocycles. The van der Waals surface area contributed by atoms with Gasteiger partial charge in [0.1, 0.15) is 0 Å². The van der Waals surface area contributed by atoms with Gasteiger partial charge in [-0.1, -0.05) is 60.3 Å². The molecule has 0 spiro atoms. The fourth-order valence-electron chi connectivity index (χ4n) is 3.46. The third kappa shape index (κ3) is 3.37. The highest BCUT2D eigenvalue weighted by Gasteiger charge is 2.29. The van der Waals surface area contributed by atoms with Gasteiger partial charge < -0.3 is 9.47 Å². The number of fused-ring (bicyclic) bond motifs is 1. The number of hydrogen-bond acceptors (Lipinski definition) is 4. The number of thioether (sulfide) groups is 1. The van der Waals surface area contributed by atoms with E-state index in [1.807, 2.05) is 60.4 Å². The minimum Gasteiger partial charge on any atom is -0.311 e. The first-order chi connectivity index (χ1) is 13.2. The standard InChI is InChI=1S/C21H22N4OS/c1-3-24-19(17-10-5-4-6-11-17)22-23-21(24)27-15(2)20(26)25-14-13-16-9-7-8-12-18(16)25/h4-12,15H,3,13-14H2,1-2H3. The molecule has 6 heteroatoms. The van der Waals surface area contributed by atoms with Crippen LogP contribution in [-0.2, 0) is 17.8 Å². The molecule has 1 aliphatic rings. The first-order valence-corrected chi connectivity index (χ1v) is 10.1. The first kappa shape index (κ1) is 17.8. The molecule has 0 saturated carbocycles. The van der Waals surface area contributed by atoms with Crippen LogP contribution in [0, 0.1) is 0 Å². The quantitative estimate of drug-likeness (QED) is 0.629. The number of nitrogens with zero attached hydrogens (tertiary/aromatic N) is 4. The van der Waals surface area contributed by atoms with Crippen LogP contribution < -0.4 is 4.90 Å². The molecular weight excluding hydrogens is 356 g/mol. The van der Waals surface area contributed by atoms with Gasteiger partial charge in [-0.2, -0.15) is 0 Å². The summed E-state index contributed by atoms with van der Waals surface area (Å²) in [6.07, 6.45) is 0.919. The average Bonchev–Trinajstić information content (AvgIpc) is 3.32. The van der Waals surface area contributed by atoms with Gasteiger partial charge in [0.05, 0.1) is 5.25 Å². The van der Waals surface area contributed by atoms with Gasteiger partial charge in [-0.15, -0.1) is 10.2 Å². The van der Waals surface area contributed by atoms with Crippen LogP contribution in [0.1, 0.15) is 19.4 Å². The zero-order chi connectivity index (χ0) is 18.8. The van der Waals surface area contributed by atoms with Crippen LogP contribution in [0.2, 0.25) is 0 Å². The zero-order valence-corrected chi connectivity index (χ0v) is 16.3. The Hall–Kier alpha value is -2.60. The van der Waals surface area contributed by atoms with E-state index >= 15 is 0 Å². The van der Waals surface area contributed by atoms with Crippen molar-refractivity contribution < 1.29 is 4.79 Å². The van der Waals surface area contributed by atoms with Crippen molar-refractivity contribution in [2.45, 2.75) is 37.2 Å². The summed E-state index contributed by atoms with van der Waals surface area (Å²) in [6.45, 7) is 5.53. The molecule has 1 atom stereocenters. The number of hydrogen-bond donors (Lipinski definition) is 0. The Bertz CT molecular complexity index is 954. The van der Waals surface area contributed by atoms with E-state index < -0.39 is 0 Å². The third-order valence-electron chi connectivity index (χ3n) is 4.85. The Morgan fingerprint density at radius 1 is 1.11 bits per heavy atom. The van der Waals surface area contributed by atoms with E-state index in [1.165, 1.54) is 17.3 Å². The van der Waals surface area contributed by atoms with Gasteiger partial charge in [0, 0.05) is 24.3 Å². The van der Waals surface area contributed by atoms with E-state index in [1.54, 1.807) is 0 Å². The molecule has 1 aliphatic heterocycles. The Kier molecular flexibility index (Phi) is 4.99. The maximum absolute atomic E-state index is 13.0. The minimum absolute atomic E-state index is 0.122. The number of carbonyl (C=O) groups is 1. The molecule has 0 bridgehead atoms. The third-order valence-corrected chi connectivity index (χ3v) is 5.92. The Morgan fingerprint density at radius 2 is 1.85 bits per heavy atom. The molecule has 0 radical (unpaired) electrons. The number of para-hydroxylation sites is 1. The van der Waals surface area contributed by atoms with Crippen molar-refractivity contribution in [3.05, 3.63) is 60.2 Å². The van der Waals surface area contributed by atoms with E-state index in [2.05, 4.69) is 27.8 Å². The van der Waals surface area contributed by atoms with Gasteiger partial charge in [0.2, 0.25) is 5.91 Å². The topological polar surface area (TPSA) is 51.0 Å². The summed E-state index contributed by atoms with van der Waals surface area (Å²) in [5.74, 6) is 0.962. The highest BCUT2D eigenvalue weighted by molar-refractivity contribution is 8.00. The molecule has 4 rings (SSSR count). The molecule has 0 fully saturated rings. The lowest BCUT2D eigenvalue weighted by atomic mass is 10.2.